The standard InChI is InChI=1S/C16H16O3/c1-2-12(15(17)16(18)19)9-11-7-8-13-5-3-4-6-14(13)10-11/h3-8,10,12H,2,9H2,1H3,(H,18,19). The zero-order chi connectivity index (χ0) is 13.8. The van der Waals surface area contributed by atoms with Crippen molar-refractivity contribution in [1.82, 2.24) is 0 Å². The lowest BCUT2D eigenvalue weighted by molar-refractivity contribution is -0.151. The molecule has 3 nitrogen and oxygen atoms in total. The normalized spacial score (nSPS) is 12.3. The van der Waals surface area contributed by atoms with Gasteiger partial charge in [0.25, 0.3) is 0 Å². The number of ketones is 1. The average Bonchev–Trinajstić information content (AvgIpc) is 2.43. The Morgan fingerprint density at radius 2 is 1.79 bits per heavy atom. The largest absolute Gasteiger partial charge is 0.475 e. The van der Waals surface area contributed by atoms with E-state index in [0.717, 1.165) is 16.3 Å². The third-order valence-corrected chi connectivity index (χ3v) is 3.37. The van der Waals surface area contributed by atoms with E-state index >= 15 is 0 Å². The van der Waals surface area contributed by atoms with Crippen LogP contribution in [0.15, 0.2) is 42.5 Å². The first-order valence-electron chi connectivity index (χ1n) is 6.36. The van der Waals surface area contributed by atoms with Crippen molar-refractivity contribution in [2.75, 3.05) is 0 Å². The molecule has 0 saturated carbocycles. The molecular formula is C16H16O3. The summed E-state index contributed by atoms with van der Waals surface area (Å²) in [6.07, 6.45) is 1.02. The van der Waals surface area contributed by atoms with Gasteiger partial charge in [0.15, 0.2) is 0 Å². The summed E-state index contributed by atoms with van der Waals surface area (Å²) in [6, 6.07) is 14.0. The van der Waals surface area contributed by atoms with Gasteiger partial charge in [0, 0.05) is 5.92 Å². The van der Waals surface area contributed by atoms with Crippen molar-refractivity contribution < 1.29 is 14.7 Å². The molecule has 0 aromatic heterocycles. The van der Waals surface area contributed by atoms with E-state index in [9.17, 15) is 9.59 Å². The highest BCUT2D eigenvalue weighted by atomic mass is 16.4. The Labute approximate surface area is 111 Å². The summed E-state index contributed by atoms with van der Waals surface area (Å²) in [7, 11) is 0. The summed E-state index contributed by atoms with van der Waals surface area (Å²) in [6.45, 7) is 1.84. The molecule has 98 valence electrons. The fraction of sp³-hybridized carbons (Fsp3) is 0.250. The SMILES string of the molecule is CCC(Cc1ccc2ccccc2c1)C(=O)C(=O)O. The number of aliphatic carboxylic acids is 1. The van der Waals surface area contributed by atoms with Gasteiger partial charge in [-0.25, -0.2) is 4.79 Å². The van der Waals surface area contributed by atoms with Gasteiger partial charge >= 0.3 is 5.97 Å². The lowest BCUT2D eigenvalue weighted by atomic mass is 9.92. The Morgan fingerprint density at radius 3 is 2.42 bits per heavy atom. The van der Waals surface area contributed by atoms with Gasteiger partial charge < -0.3 is 5.11 Å². The van der Waals surface area contributed by atoms with Gasteiger partial charge in [-0.05, 0) is 29.2 Å². The predicted octanol–water partition coefficient (Wildman–Crippen LogP) is 3.06. The number of hydrogen-bond donors (Lipinski definition) is 1. The third-order valence-electron chi connectivity index (χ3n) is 3.37. The minimum Gasteiger partial charge on any atom is -0.475 e. The van der Waals surface area contributed by atoms with Crippen molar-refractivity contribution in [1.29, 1.82) is 0 Å². The summed E-state index contributed by atoms with van der Waals surface area (Å²) in [5, 5.41) is 11.0. The fourth-order valence-electron chi connectivity index (χ4n) is 2.25. The molecule has 1 N–H and O–H groups in total. The molecule has 0 aliphatic heterocycles. The van der Waals surface area contributed by atoms with E-state index in [0.29, 0.717) is 12.8 Å². The molecule has 0 aliphatic rings. The molecule has 2 rings (SSSR count). The second kappa shape index (κ2) is 5.65. The van der Waals surface area contributed by atoms with Gasteiger partial charge in [0.05, 0.1) is 0 Å². The van der Waals surface area contributed by atoms with Crippen molar-refractivity contribution in [3.8, 4) is 0 Å². The van der Waals surface area contributed by atoms with Crippen LogP contribution in [0.5, 0.6) is 0 Å². The Bertz CT molecular complexity index is 616. The Hall–Kier alpha value is -2.16. The number of carboxylic acid groups (broad SMARTS) is 1. The first kappa shape index (κ1) is 13.3. The quantitative estimate of drug-likeness (QED) is 0.836. The molecule has 0 amide bonds. The molecule has 2 aromatic rings. The molecule has 0 aliphatic carbocycles. The van der Waals surface area contributed by atoms with E-state index < -0.39 is 17.7 Å². The van der Waals surface area contributed by atoms with Crippen LogP contribution in [0, 0.1) is 5.92 Å². The van der Waals surface area contributed by atoms with Gasteiger partial charge in [0.2, 0.25) is 5.78 Å². The van der Waals surface area contributed by atoms with Gasteiger partial charge in [-0.1, -0.05) is 49.4 Å². The van der Waals surface area contributed by atoms with E-state index in [4.69, 9.17) is 5.11 Å². The van der Waals surface area contributed by atoms with E-state index in [1.54, 1.807) is 0 Å². The first-order chi connectivity index (χ1) is 9.11. The molecule has 19 heavy (non-hydrogen) atoms. The minimum atomic E-state index is -1.34. The number of carbonyl (C=O) groups is 2. The Morgan fingerprint density at radius 1 is 1.11 bits per heavy atom. The highest BCUT2D eigenvalue weighted by Gasteiger charge is 2.23. The minimum absolute atomic E-state index is 0.446. The van der Waals surface area contributed by atoms with Gasteiger partial charge in [0.1, 0.15) is 0 Å². The topological polar surface area (TPSA) is 54.4 Å². The van der Waals surface area contributed by atoms with Crippen LogP contribution in [0.25, 0.3) is 10.8 Å². The smallest absolute Gasteiger partial charge is 0.372 e. The zero-order valence-corrected chi connectivity index (χ0v) is 10.8. The van der Waals surface area contributed by atoms with E-state index in [1.807, 2.05) is 49.4 Å². The number of carboxylic acids is 1. The lowest BCUT2D eigenvalue weighted by Gasteiger charge is -2.11. The first-order valence-corrected chi connectivity index (χ1v) is 6.36. The maximum Gasteiger partial charge on any atom is 0.372 e. The van der Waals surface area contributed by atoms with E-state index in [2.05, 4.69) is 0 Å². The summed E-state index contributed by atoms with van der Waals surface area (Å²) in [5.74, 6) is -2.48. The molecule has 0 saturated heterocycles. The summed E-state index contributed by atoms with van der Waals surface area (Å²) < 4.78 is 0. The Balaban J connectivity index is 2.24. The zero-order valence-electron chi connectivity index (χ0n) is 10.8. The number of hydrogen-bond acceptors (Lipinski definition) is 2. The van der Waals surface area contributed by atoms with Crippen LogP contribution in [-0.4, -0.2) is 16.9 Å². The van der Waals surface area contributed by atoms with Gasteiger partial charge in [-0.2, -0.15) is 0 Å². The van der Waals surface area contributed by atoms with Crippen molar-refractivity contribution in [3.05, 3.63) is 48.0 Å². The van der Waals surface area contributed by atoms with Gasteiger partial charge in [-0.15, -0.1) is 0 Å². The molecule has 0 radical (unpaired) electrons. The highest BCUT2D eigenvalue weighted by Crippen LogP contribution is 2.19. The average molecular weight is 256 g/mol. The molecule has 0 fully saturated rings. The van der Waals surface area contributed by atoms with Crippen LogP contribution in [-0.2, 0) is 16.0 Å². The molecule has 0 heterocycles. The van der Waals surface area contributed by atoms with E-state index in [1.165, 1.54) is 0 Å². The molecule has 2 aromatic carbocycles. The summed E-state index contributed by atoms with van der Waals surface area (Å²) >= 11 is 0. The molecule has 1 unspecified atom stereocenters. The number of fused-ring (bicyclic) bond motifs is 1. The second-order valence-electron chi connectivity index (χ2n) is 4.66. The van der Waals surface area contributed by atoms with Crippen LogP contribution < -0.4 is 0 Å². The number of carbonyl (C=O) groups excluding carboxylic acids is 1. The number of rotatable bonds is 5. The van der Waals surface area contributed by atoms with Crippen LogP contribution in [0.1, 0.15) is 18.9 Å². The van der Waals surface area contributed by atoms with Crippen molar-refractivity contribution >= 4 is 22.5 Å². The second-order valence-corrected chi connectivity index (χ2v) is 4.66. The third kappa shape index (κ3) is 2.99. The van der Waals surface area contributed by atoms with Crippen molar-refractivity contribution in [2.24, 2.45) is 5.92 Å². The molecule has 3 heteroatoms. The van der Waals surface area contributed by atoms with Crippen LogP contribution in [0.3, 0.4) is 0 Å². The maximum atomic E-state index is 11.5. The molecule has 0 spiro atoms. The monoisotopic (exact) mass is 256 g/mol. The van der Waals surface area contributed by atoms with Crippen LogP contribution in [0.4, 0.5) is 0 Å². The highest BCUT2D eigenvalue weighted by molar-refractivity contribution is 6.33. The number of Topliss-reactive ketones (excluding diaryl/α,β-unsaturated/α-hetero) is 1. The Kier molecular flexibility index (Phi) is 3.95. The maximum absolute atomic E-state index is 11.5. The summed E-state index contributed by atoms with van der Waals surface area (Å²) in [4.78, 5) is 22.3. The van der Waals surface area contributed by atoms with Gasteiger partial charge in [-0.3, -0.25) is 4.79 Å². The van der Waals surface area contributed by atoms with E-state index in [-0.39, 0.29) is 0 Å². The lowest BCUT2D eigenvalue weighted by Crippen LogP contribution is -2.24. The predicted molar refractivity (Wildman–Crippen MR) is 74.1 cm³/mol. The molecular weight excluding hydrogens is 240 g/mol. The fourth-order valence-corrected chi connectivity index (χ4v) is 2.25. The molecule has 1 atom stereocenters. The van der Waals surface area contributed by atoms with Crippen molar-refractivity contribution in [3.63, 3.8) is 0 Å². The summed E-state index contributed by atoms with van der Waals surface area (Å²) in [5.41, 5.74) is 1.00. The van der Waals surface area contributed by atoms with Crippen LogP contribution in [0.2, 0.25) is 0 Å². The van der Waals surface area contributed by atoms with Crippen molar-refractivity contribution in [2.45, 2.75) is 19.8 Å². The number of benzene rings is 2. The molecule has 0 bridgehead atoms. The van der Waals surface area contributed by atoms with Crippen LogP contribution >= 0.6 is 0 Å².